The van der Waals surface area contributed by atoms with E-state index in [9.17, 15) is 0 Å². The minimum atomic E-state index is 1.04. The molecule has 2 aromatic heterocycles. The highest BCUT2D eigenvalue weighted by Gasteiger charge is 2.16. The van der Waals surface area contributed by atoms with Gasteiger partial charge in [-0.1, -0.05) is 6.07 Å². The van der Waals surface area contributed by atoms with Crippen molar-refractivity contribution in [3.63, 3.8) is 0 Å². The van der Waals surface area contributed by atoms with Crippen molar-refractivity contribution in [3.05, 3.63) is 39.8 Å². The van der Waals surface area contributed by atoms with Crippen LogP contribution in [0.1, 0.15) is 34.4 Å². The van der Waals surface area contributed by atoms with Gasteiger partial charge < -0.3 is 4.98 Å². The Kier molecular flexibility index (Phi) is 2.71. The minimum Gasteiger partial charge on any atom is -0.337 e. The van der Waals surface area contributed by atoms with Gasteiger partial charge in [-0.05, 0) is 68.4 Å². The fraction of sp³-hybridized carbons (Fsp3) is 0.353. The van der Waals surface area contributed by atoms with Crippen LogP contribution in [0.25, 0.3) is 21.7 Å². The fourth-order valence-corrected chi connectivity index (χ4v) is 4.39. The van der Waals surface area contributed by atoms with Crippen LogP contribution in [0.15, 0.2) is 18.2 Å². The van der Waals surface area contributed by atoms with Crippen LogP contribution < -0.4 is 0 Å². The molecule has 20 heavy (non-hydrogen) atoms. The molecule has 0 bridgehead atoms. The van der Waals surface area contributed by atoms with E-state index in [1.54, 1.807) is 10.4 Å². The van der Waals surface area contributed by atoms with Crippen molar-refractivity contribution in [2.45, 2.75) is 39.5 Å². The molecule has 0 amide bonds. The maximum absolute atomic E-state index is 4.82. The molecule has 0 fully saturated rings. The van der Waals surface area contributed by atoms with Crippen LogP contribution in [0, 0.1) is 13.8 Å². The number of hydrogen-bond acceptors (Lipinski definition) is 2. The van der Waals surface area contributed by atoms with E-state index in [0.717, 1.165) is 16.9 Å². The van der Waals surface area contributed by atoms with Crippen molar-refractivity contribution in [2.75, 3.05) is 0 Å². The number of thiophene rings is 1. The maximum Gasteiger partial charge on any atom is 0.148 e. The summed E-state index contributed by atoms with van der Waals surface area (Å²) in [4.78, 5) is 11.2. The zero-order chi connectivity index (χ0) is 13.7. The van der Waals surface area contributed by atoms with Crippen LogP contribution in [0.3, 0.4) is 0 Å². The Morgan fingerprint density at radius 3 is 2.80 bits per heavy atom. The first-order valence-corrected chi connectivity index (χ1v) is 8.11. The average Bonchev–Trinajstić information content (AvgIpc) is 3.01. The highest BCUT2D eigenvalue weighted by Crippen LogP contribution is 2.35. The second-order valence-electron chi connectivity index (χ2n) is 5.83. The third kappa shape index (κ3) is 1.88. The first kappa shape index (κ1) is 12.2. The van der Waals surface area contributed by atoms with Crippen molar-refractivity contribution >= 4 is 22.4 Å². The van der Waals surface area contributed by atoms with Crippen LogP contribution in [-0.2, 0) is 12.8 Å². The monoisotopic (exact) mass is 282 g/mol. The summed E-state index contributed by atoms with van der Waals surface area (Å²) >= 11 is 1.92. The zero-order valence-electron chi connectivity index (χ0n) is 11.9. The molecule has 1 aliphatic carbocycles. The number of aromatic amines is 1. The summed E-state index contributed by atoms with van der Waals surface area (Å²) in [6.07, 6.45) is 5.16. The smallest absolute Gasteiger partial charge is 0.148 e. The Bertz CT molecular complexity index is 771. The highest BCUT2D eigenvalue weighted by molar-refractivity contribution is 7.15. The molecule has 0 atom stereocenters. The van der Waals surface area contributed by atoms with Crippen molar-refractivity contribution in [3.8, 4) is 10.7 Å². The number of fused-ring (bicyclic) bond motifs is 2. The van der Waals surface area contributed by atoms with Gasteiger partial charge in [0.2, 0.25) is 0 Å². The van der Waals surface area contributed by atoms with Crippen LogP contribution in [-0.4, -0.2) is 9.97 Å². The molecule has 3 aromatic rings. The summed E-state index contributed by atoms with van der Waals surface area (Å²) in [7, 11) is 0. The lowest BCUT2D eigenvalue weighted by Crippen LogP contribution is -1.96. The maximum atomic E-state index is 4.82. The van der Waals surface area contributed by atoms with Crippen molar-refractivity contribution < 1.29 is 0 Å². The second-order valence-corrected chi connectivity index (χ2v) is 6.97. The van der Waals surface area contributed by atoms with Gasteiger partial charge in [0.15, 0.2) is 0 Å². The number of nitrogens with one attached hydrogen (secondary N) is 1. The summed E-state index contributed by atoms with van der Waals surface area (Å²) in [5.41, 5.74) is 6.35. The molecule has 0 aliphatic heterocycles. The molecule has 102 valence electrons. The molecule has 0 unspecified atom stereocenters. The first-order valence-electron chi connectivity index (χ1n) is 7.29. The van der Waals surface area contributed by atoms with Gasteiger partial charge in [0, 0.05) is 4.88 Å². The van der Waals surface area contributed by atoms with Gasteiger partial charge in [-0.15, -0.1) is 11.3 Å². The lowest BCUT2D eigenvalue weighted by molar-refractivity contribution is 0.697. The van der Waals surface area contributed by atoms with E-state index in [1.165, 1.54) is 41.7 Å². The van der Waals surface area contributed by atoms with Crippen molar-refractivity contribution in [1.82, 2.24) is 9.97 Å². The largest absolute Gasteiger partial charge is 0.337 e. The molecule has 2 nitrogen and oxygen atoms in total. The number of nitrogens with zero attached hydrogens (tertiary/aromatic N) is 1. The third-order valence-corrected chi connectivity index (χ3v) is 5.40. The van der Waals surface area contributed by atoms with Gasteiger partial charge in [-0.2, -0.15) is 0 Å². The molecular weight excluding hydrogens is 264 g/mol. The van der Waals surface area contributed by atoms with Gasteiger partial charge in [0.05, 0.1) is 15.9 Å². The van der Waals surface area contributed by atoms with Crippen molar-refractivity contribution in [1.29, 1.82) is 0 Å². The molecule has 0 spiro atoms. The quantitative estimate of drug-likeness (QED) is 0.683. The number of hydrogen-bond donors (Lipinski definition) is 1. The lowest BCUT2D eigenvalue weighted by Gasteiger charge is -2.08. The molecule has 1 aromatic carbocycles. The number of rotatable bonds is 1. The van der Waals surface area contributed by atoms with Gasteiger partial charge in [0.1, 0.15) is 5.82 Å². The highest BCUT2D eigenvalue weighted by atomic mass is 32.1. The SMILES string of the molecule is Cc1cc(C)c2nc(-c3cc4c(s3)CCCC4)[nH]c2c1. The molecule has 4 rings (SSSR count). The Morgan fingerprint density at radius 2 is 1.95 bits per heavy atom. The molecule has 2 heterocycles. The summed E-state index contributed by atoms with van der Waals surface area (Å²) in [6.45, 7) is 4.27. The van der Waals surface area contributed by atoms with Gasteiger partial charge >= 0.3 is 0 Å². The molecule has 0 saturated carbocycles. The van der Waals surface area contributed by atoms with Gasteiger partial charge in [-0.25, -0.2) is 4.98 Å². The second kappa shape index (κ2) is 4.45. The number of aryl methyl sites for hydroxylation is 4. The van der Waals surface area contributed by atoms with Crippen LogP contribution in [0.5, 0.6) is 0 Å². The Hall–Kier alpha value is -1.61. The standard InChI is InChI=1S/C17H18N2S/c1-10-7-11(2)16-13(8-10)18-17(19-16)15-9-12-5-3-4-6-14(12)20-15/h7-9H,3-6H2,1-2H3,(H,18,19). The topological polar surface area (TPSA) is 28.7 Å². The van der Waals surface area contributed by atoms with Gasteiger partial charge in [0.25, 0.3) is 0 Å². The molecule has 1 aliphatic rings. The Labute approximate surface area is 122 Å². The number of benzene rings is 1. The van der Waals surface area contributed by atoms with E-state index in [1.807, 2.05) is 11.3 Å². The van der Waals surface area contributed by atoms with E-state index < -0.39 is 0 Å². The Balaban J connectivity index is 1.85. The number of imidazole rings is 1. The fourth-order valence-electron chi connectivity index (χ4n) is 3.20. The van der Waals surface area contributed by atoms with E-state index >= 15 is 0 Å². The van der Waals surface area contributed by atoms with Gasteiger partial charge in [-0.3, -0.25) is 0 Å². The summed E-state index contributed by atoms with van der Waals surface area (Å²) in [5, 5.41) is 0. The van der Waals surface area contributed by atoms with E-state index in [0.29, 0.717) is 0 Å². The predicted octanol–water partition coefficient (Wildman–Crippen LogP) is 4.79. The van der Waals surface area contributed by atoms with E-state index in [2.05, 4.69) is 37.0 Å². The van der Waals surface area contributed by atoms with E-state index in [-0.39, 0.29) is 0 Å². The Morgan fingerprint density at radius 1 is 1.10 bits per heavy atom. The first-order chi connectivity index (χ1) is 9.70. The zero-order valence-corrected chi connectivity index (χ0v) is 12.7. The molecule has 3 heteroatoms. The van der Waals surface area contributed by atoms with Crippen LogP contribution in [0.2, 0.25) is 0 Å². The van der Waals surface area contributed by atoms with Crippen molar-refractivity contribution in [2.24, 2.45) is 0 Å². The average molecular weight is 282 g/mol. The molecule has 1 N–H and O–H groups in total. The molecule has 0 saturated heterocycles. The third-order valence-electron chi connectivity index (χ3n) is 4.15. The predicted molar refractivity (Wildman–Crippen MR) is 85.5 cm³/mol. The number of H-pyrrole nitrogens is 1. The lowest BCUT2D eigenvalue weighted by atomic mass is 9.99. The normalized spacial score (nSPS) is 14.7. The molecule has 0 radical (unpaired) electrons. The van der Waals surface area contributed by atoms with Crippen LogP contribution in [0.4, 0.5) is 0 Å². The molecular formula is C17H18N2S. The van der Waals surface area contributed by atoms with E-state index in [4.69, 9.17) is 4.98 Å². The summed E-state index contributed by atoms with van der Waals surface area (Å²) in [5.74, 6) is 1.04. The summed E-state index contributed by atoms with van der Waals surface area (Å²) < 4.78 is 0. The number of aromatic nitrogens is 2. The summed E-state index contributed by atoms with van der Waals surface area (Å²) in [6, 6.07) is 6.73. The minimum absolute atomic E-state index is 1.04. The van der Waals surface area contributed by atoms with Crippen LogP contribution >= 0.6 is 11.3 Å².